The minimum absolute atomic E-state index is 0.166. The summed E-state index contributed by atoms with van der Waals surface area (Å²) < 4.78 is 24.9. The zero-order valence-corrected chi connectivity index (χ0v) is 13.4. The molecule has 1 saturated carbocycles. The number of sulfonamides is 1. The highest BCUT2D eigenvalue weighted by Gasteiger charge is 2.35. The highest BCUT2D eigenvalue weighted by molar-refractivity contribution is 7.88. The zero-order chi connectivity index (χ0) is 15.5. The van der Waals surface area contributed by atoms with Crippen LogP contribution >= 0.6 is 0 Å². The Labute approximate surface area is 126 Å². The van der Waals surface area contributed by atoms with Crippen molar-refractivity contribution in [3.05, 3.63) is 0 Å². The molecule has 1 aliphatic heterocycles. The van der Waals surface area contributed by atoms with E-state index < -0.39 is 16.1 Å². The second-order valence-corrected chi connectivity index (χ2v) is 8.20. The Kier molecular flexibility index (Phi) is 5.62. The van der Waals surface area contributed by atoms with Gasteiger partial charge in [-0.3, -0.25) is 4.79 Å². The molecule has 3 unspecified atom stereocenters. The highest BCUT2D eigenvalue weighted by Crippen LogP contribution is 2.30. The number of aliphatic hydroxyl groups is 1. The van der Waals surface area contributed by atoms with Gasteiger partial charge in [-0.05, 0) is 37.5 Å². The molecule has 6 nitrogen and oxygen atoms in total. The van der Waals surface area contributed by atoms with E-state index in [2.05, 4.69) is 5.32 Å². The lowest BCUT2D eigenvalue weighted by atomic mass is 9.96. The van der Waals surface area contributed by atoms with E-state index in [1.165, 1.54) is 4.31 Å². The number of rotatable bonds is 5. The van der Waals surface area contributed by atoms with Gasteiger partial charge in [-0.15, -0.1) is 0 Å². The molecule has 0 aromatic rings. The van der Waals surface area contributed by atoms with Gasteiger partial charge in [0.2, 0.25) is 15.9 Å². The Balaban J connectivity index is 1.92. The smallest absolute Gasteiger partial charge is 0.238 e. The fourth-order valence-corrected chi connectivity index (χ4v) is 4.66. The van der Waals surface area contributed by atoms with E-state index in [1.807, 2.05) is 0 Å². The third kappa shape index (κ3) is 4.17. The molecule has 2 fully saturated rings. The lowest BCUT2D eigenvalue weighted by molar-refractivity contribution is -0.126. The topological polar surface area (TPSA) is 86.7 Å². The summed E-state index contributed by atoms with van der Waals surface area (Å²) in [5, 5.41) is 12.2. The molecule has 0 spiro atoms. The van der Waals surface area contributed by atoms with E-state index in [-0.39, 0.29) is 18.4 Å². The van der Waals surface area contributed by atoms with Crippen molar-refractivity contribution in [2.45, 2.75) is 44.6 Å². The molecule has 3 atom stereocenters. The summed E-state index contributed by atoms with van der Waals surface area (Å²) in [5.74, 6) is 0.389. The molecule has 0 bridgehead atoms. The van der Waals surface area contributed by atoms with Crippen molar-refractivity contribution in [1.29, 1.82) is 0 Å². The number of hydrogen-bond acceptors (Lipinski definition) is 4. The maximum absolute atomic E-state index is 12.3. The molecule has 7 heteroatoms. The number of aliphatic hydroxyl groups excluding tert-OH is 1. The predicted octanol–water partition coefficient (Wildman–Crippen LogP) is 0.325. The predicted molar refractivity (Wildman–Crippen MR) is 80.1 cm³/mol. The van der Waals surface area contributed by atoms with Gasteiger partial charge >= 0.3 is 0 Å². The first-order valence-electron chi connectivity index (χ1n) is 7.79. The normalized spacial score (nSPS) is 31.2. The Hall–Kier alpha value is -0.660. The first kappa shape index (κ1) is 16.7. The van der Waals surface area contributed by atoms with Crippen molar-refractivity contribution in [1.82, 2.24) is 9.62 Å². The Morgan fingerprint density at radius 2 is 1.90 bits per heavy atom. The van der Waals surface area contributed by atoms with Gasteiger partial charge in [-0.2, -0.15) is 4.31 Å². The van der Waals surface area contributed by atoms with Crippen LogP contribution in [-0.2, 0) is 14.8 Å². The van der Waals surface area contributed by atoms with Gasteiger partial charge in [-0.1, -0.05) is 12.8 Å². The number of amides is 1. The number of hydrogen-bond donors (Lipinski definition) is 2. The van der Waals surface area contributed by atoms with Crippen molar-refractivity contribution >= 4 is 15.9 Å². The van der Waals surface area contributed by atoms with Crippen LogP contribution in [0.1, 0.15) is 38.5 Å². The number of carbonyl (C=O) groups excluding carboxylic acids is 1. The summed E-state index contributed by atoms with van der Waals surface area (Å²) in [4.78, 5) is 12.3. The maximum Gasteiger partial charge on any atom is 0.238 e. The molecule has 122 valence electrons. The number of carbonyl (C=O) groups is 1. The third-order valence-electron chi connectivity index (χ3n) is 4.77. The van der Waals surface area contributed by atoms with E-state index in [4.69, 9.17) is 0 Å². The SMILES string of the molecule is CS(=O)(=O)N1CCCCC1C(=O)NCC1CCCC1CO. The molecular formula is C14H26N2O4S. The minimum Gasteiger partial charge on any atom is -0.396 e. The monoisotopic (exact) mass is 318 g/mol. The molecule has 0 radical (unpaired) electrons. The van der Waals surface area contributed by atoms with Gasteiger partial charge in [0.25, 0.3) is 0 Å². The summed E-state index contributed by atoms with van der Waals surface area (Å²) in [6.07, 6.45) is 6.57. The van der Waals surface area contributed by atoms with Gasteiger partial charge in [0.1, 0.15) is 6.04 Å². The summed E-state index contributed by atoms with van der Waals surface area (Å²) in [5.41, 5.74) is 0. The Bertz CT molecular complexity index is 466. The first-order chi connectivity index (χ1) is 9.93. The van der Waals surface area contributed by atoms with E-state index in [1.54, 1.807) is 0 Å². The number of piperidine rings is 1. The van der Waals surface area contributed by atoms with E-state index >= 15 is 0 Å². The summed E-state index contributed by atoms with van der Waals surface area (Å²) in [6.45, 7) is 1.14. The summed E-state index contributed by atoms with van der Waals surface area (Å²) in [6, 6.07) is -0.567. The van der Waals surface area contributed by atoms with Crippen molar-refractivity contribution in [2.75, 3.05) is 26.0 Å². The number of nitrogens with zero attached hydrogens (tertiary/aromatic N) is 1. The van der Waals surface area contributed by atoms with Gasteiger partial charge in [-0.25, -0.2) is 8.42 Å². The van der Waals surface area contributed by atoms with Crippen LogP contribution in [0, 0.1) is 11.8 Å². The summed E-state index contributed by atoms with van der Waals surface area (Å²) >= 11 is 0. The van der Waals surface area contributed by atoms with E-state index in [0.29, 0.717) is 25.4 Å². The second kappa shape index (κ2) is 7.07. The van der Waals surface area contributed by atoms with Crippen LogP contribution in [0.4, 0.5) is 0 Å². The molecule has 1 amide bonds. The van der Waals surface area contributed by atoms with Gasteiger partial charge in [0.05, 0.1) is 6.26 Å². The maximum atomic E-state index is 12.3. The molecule has 21 heavy (non-hydrogen) atoms. The fraction of sp³-hybridized carbons (Fsp3) is 0.929. The molecule has 2 N–H and O–H groups in total. The quantitative estimate of drug-likeness (QED) is 0.764. The molecular weight excluding hydrogens is 292 g/mol. The van der Waals surface area contributed by atoms with Gasteiger partial charge in [0, 0.05) is 19.7 Å². The van der Waals surface area contributed by atoms with Crippen LogP contribution in [0.15, 0.2) is 0 Å². The van der Waals surface area contributed by atoms with Crippen LogP contribution < -0.4 is 5.32 Å². The average molecular weight is 318 g/mol. The molecule has 2 aliphatic rings. The van der Waals surface area contributed by atoms with Crippen LogP contribution in [0.25, 0.3) is 0 Å². The zero-order valence-electron chi connectivity index (χ0n) is 12.6. The number of nitrogens with one attached hydrogen (secondary N) is 1. The van der Waals surface area contributed by atoms with Crippen molar-refractivity contribution in [2.24, 2.45) is 11.8 Å². The minimum atomic E-state index is -3.34. The van der Waals surface area contributed by atoms with Crippen molar-refractivity contribution in [3.8, 4) is 0 Å². The van der Waals surface area contributed by atoms with E-state index in [0.717, 1.165) is 38.4 Å². The molecule has 1 aliphatic carbocycles. The first-order valence-corrected chi connectivity index (χ1v) is 9.63. The van der Waals surface area contributed by atoms with Crippen LogP contribution in [0.2, 0.25) is 0 Å². The standard InChI is InChI=1S/C14H26N2O4S/c1-21(19,20)16-8-3-2-7-13(16)14(18)15-9-11-5-4-6-12(11)10-17/h11-13,17H,2-10H2,1H3,(H,15,18). The second-order valence-electron chi connectivity index (χ2n) is 6.26. The lowest BCUT2D eigenvalue weighted by Gasteiger charge is -2.33. The molecule has 0 aromatic carbocycles. The van der Waals surface area contributed by atoms with Gasteiger partial charge < -0.3 is 10.4 Å². The highest BCUT2D eigenvalue weighted by atomic mass is 32.2. The third-order valence-corrected chi connectivity index (χ3v) is 6.06. The van der Waals surface area contributed by atoms with E-state index in [9.17, 15) is 18.3 Å². The van der Waals surface area contributed by atoms with Crippen LogP contribution in [0.3, 0.4) is 0 Å². The van der Waals surface area contributed by atoms with Gasteiger partial charge in [0.15, 0.2) is 0 Å². The average Bonchev–Trinajstić information content (AvgIpc) is 2.91. The molecule has 2 rings (SSSR count). The summed E-state index contributed by atoms with van der Waals surface area (Å²) in [7, 11) is -3.34. The van der Waals surface area contributed by atoms with Crippen molar-refractivity contribution < 1.29 is 18.3 Å². The molecule has 1 heterocycles. The largest absolute Gasteiger partial charge is 0.396 e. The molecule has 0 aromatic heterocycles. The van der Waals surface area contributed by atoms with Crippen molar-refractivity contribution in [3.63, 3.8) is 0 Å². The molecule has 1 saturated heterocycles. The Morgan fingerprint density at radius 1 is 1.19 bits per heavy atom. The van der Waals surface area contributed by atoms with Crippen LogP contribution in [0.5, 0.6) is 0 Å². The fourth-order valence-electron chi connectivity index (χ4n) is 3.54. The lowest BCUT2D eigenvalue weighted by Crippen LogP contribution is -2.52. The van der Waals surface area contributed by atoms with Crippen LogP contribution in [-0.4, -0.2) is 55.7 Å². The Morgan fingerprint density at radius 3 is 2.57 bits per heavy atom.